The van der Waals surface area contributed by atoms with E-state index in [1.165, 1.54) is 0 Å². The van der Waals surface area contributed by atoms with E-state index in [-0.39, 0.29) is 6.61 Å². The second kappa shape index (κ2) is 14.5. The lowest BCUT2D eigenvalue weighted by Gasteiger charge is -2.11. The lowest BCUT2D eigenvalue weighted by molar-refractivity contribution is 0.0662. The monoisotopic (exact) mass is 477 g/mol. The van der Waals surface area contributed by atoms with Gasteiger partial charge in [-0.05, 0) is 48.2 Å². The standard InChI is InChI=1S/C28H31NO6/c1-4-32-16-17-33-15-5-6-24-18-27(34-20-22-7-11-25(30-2)12-8-22)19-28(29-24)35-21-23-9-13-26(31-3)14-10-23/h7-14,18-19H,4,15-17,20-21H2,1-3H3. The first-order valence-corrected chi connectivity index (χ1v) is 11.4. The van der Waals surface area contributed by atoms with Gasteiger partial charge >= 0.3 is 0 Å². The highest BCUT2D eigenvalue weighted by molar-refractivity contribution is 5.39. The molecule has 0 fully saturated rings. The number of pyridine rings is 1. The molecule has 2 aromatic carbocycles. The average Bonchev–Trinajstić information content (AvgIpc) is 2.91. The predicted octanol–water partition coefficient (Wildman–Crippen LogP) is 4.66. The van der Waals surface area contributed by atoms with Crippen molar-refractivity contribution in [2.45, 2.75) is 20.1 Å². The van der Waals surface area contributed by atoms with E-state index in [1.54, 1.807) is 26.4 Å². The molecule has 0 amide bonds. The summed E-state index contributed by atoms with van der Waals surface area (Å²) in [6, 6.07) is 18.9. The van der Waals surface area contributed by atoms with Gasteiger partial charge in [0.15, 0.2) is 0 Å². The molecular formula is C28H31NO6. The van der Waals surface area contributed by atoms with Gasteiger partial charge in [-0.15, -0.1) is 0 Å². The fourth-order valence-corrected chi connectivity index (χ4v) is 2.98. The Bertz CT molecular complexity index is 1020. The van der Waals surface area contributed by atoms with E-state index in [9.17, 15) is 0 Å². The SMILES string of the molecule is CCOCCOCC#Cc1cc(OCc2ccc(OC)cc2)cc(OCc2ccc(OC)cc2)n1. The van der Waals surface area contributed by atoms with Crippen LogP contribution in [0.15, 0.2) is 60.7 Å². The third-order valence-electron chi connectivity index (χ3n) is 4.85. The van der Waals surface area contributed by atoms with Gasteiger partial charge < -0.3 is 28.4 Å². The first-order chi connectivity index (χ1) is 17.2. The smallest absolute Gasteiger partial charge is 0.218 e. The van der Waals surface area contributed by atoms with Crippen LogP contribution in [0.5, 0.6) is 23.1 Å². The Morgan fingerprint density at radius 1 is 0.714 bits per heavy atom. The number of ether oxygens (including phenoxy) is 6. The van der Waals surface area contributed by atoms with Crippen molar-refractivity contribution in [2.24, 2.45) is 0 Å². The Morgan fingerprint density at radius 2 is 1.31 bits per heavy atom. The van der Waals surface area contributed by atoms with Gasteiger partial charge in [0.25, 0.3) is 0 Å². The maximum Gasteiger partial charge on any atom is 0.218 e. The molecule has 0 saturated carbocycles. The van der Waals surface area contributed by atoms with Crippen molar-refractivity contribution in [2.75, 3.05) is 40.6 Å². The van der Waals surface area contributed by atoms with E-state index in [1.807, 2.05) is 55.5 Å². The molecule has 0 aliphatic heterocycles. The number of nitrogens with zero attached hydrogens (tertiary/aromatic N) is 1. The van der Waals surface area contributed by atoms with Crippen LogP contribution in [0.25, 0.3) is 0 Å². The second-order valence-electron chi connectivity index (χ2n) is 7.35. The third-order valence-corrected chi connectivity index (χ3v) is 4.85. The van der Waals surface area contributed by atoms with Gasteiger partial charge in [0.1, 0.15) is 42.8 Å². The number of hydrogen-bond acceptors (Lipinski definition) is 7. The van der Waals surface area contributed by atoms with Crippen LogP contribution >= 0.6 is 0 Å². The summed E-state index contributed by atoms with van der Waals surface area (Å²) in [7, 11) is 3.28. The minimum Gasteiger partial charge on any atom is -0.497 e. The first kappa shape index (κ1) is 25.9. The number of methoxy groups -OCH3 is 2. The fraction of sp³-hybridized carbons (Fsp3) is 0.321. The van der Waals surface area contributed by atoms with Crippen LogP contribution in [-0.2, 0) is 22.7 Å². The van der Waals surface area contributed by atoms with E-state index in [4.69, 9.17) is 28.4 Å². The van der Waals surface area contributed by atoms with Crippen LogP contribution < -0.4 is 18.9 Å². The van der Waals surface area contributed by atoms with Crippen molar-refractivity contribution in [1.29, 1.82) is 0 Å². The molecule has 1 heterocycles. The molecule has 3 rings (SSSR count). The number of rotatable bonds is 13. The molecule has 35 heavy (non-hydrogen) atoms. The predicted molar refractivity (Wildman–Crippen MR) is 133 cm³/mol. The van der Waals surface area contributed by atoms with Gasteiger partial charge in [0, 0.05) is 18.7 Å². The normalized spacial score (nSPS) is 10.3. The number of benzene rings is 2. The fourth-order valence-electron chi connectivity index (χ4n) is 2.98. The van der Waals surface area contributed by atoms with Crippen LogP contribution in [-0.4, -0.2) is 45.6 Å². The molecule has 7 nitrogen and oxygen atoms in total. The topological polar surface area (TPSA) is 68.3 Å². The van der Waals surface area contributed by atoms with Crippen molar-refractivity contribution in [1.82, 2.24) is 4.98 Å². The minimum absolute atomic E-state index is 0.285. The summed E-state index contributed by atoms with van der Waals surface area (Å²) in [5.74, 6) is 8.63. The van der Waals surface area contributed by atoms with Gasteiger partial charge in [0.05, 0.1) is 27.4 Å². The average molecular weight is 478 g/mol. The summed E-state index contributed by atoms with van der Waals surface area (Å²) in [4.78, 5) is 4.51. The largest absolute Gasteiger partial charge is 0.497 e. The Labute approximate surface area is 206 Å². The maximum absolute atomic E-state index is 6.01. The van der Waals surface area contributed by atoms with E-state index < -0.39 is 0 Å². The first-order valence-electron chi connectivity index (χ1n) is 11.4. The van der Waals surface area contributed by atoms with E-state index in [2.05, 4.69) is 16.8 Å². The van der Waals surface area contributed by atoms with Crippen molar-refractivity contribution in [3.63, 3.8) is 0 Å². The minimum atomic E-state index is 0.285. The molecule has 7 heteroatoms. The van der Waals surface area contributed by atoms with Crippen molar-refractivity contribution in [3.05, 3.63) is 77.5 Å². The van der Waals surface area contributed by atoms with Gasteiger partial charge in [-0.25, -0.2) is 4.98 Å². The zero-order valence-corrected chi connectivity index (χ0v) is 20.4. The Morgan fingerprint density at radius 3 is 1.91 bits per heavy atom. The van der Waals surface area contributed by atoms with Crippen LogP contribution in [0.4, 0.5) is 0 Å². The molecular weight excluding hydrogens is 446 g/mol. The lowest BCUT2D eigenvalue weighted by Crippen LogP contribution is -2.04. The molecule has 0 atom stereocenters. The molecule has 0 radical (unpaired) electrons. The molecule has 0 N–H and O–H groups in total. The number of hydrogen-bond donors (Lipinski definition) is 0. The zero-order chi connectivity index (χ0) is 24.7. The van der Waals surface area contributed by atoms with Gasteiger partial charge in [-0.3, -0.25) is 0 Å². The molecule has 3 aromatic rings. The van der Waals surface area contributed by atoms with Gasteiger partial charge in [-0.1, -0.05) is 30.2 Å². The van der Waals surface area contributed by atoms with Crippen molar-refractivity contribution in [3.8, 4) is 35.0 Å². The molecule has 184 valence electrons. The quantitative estimate of drug-likeness (QED) is 0.262. The molecule has 1 aromatic heterocycles. The summed E-state index contributed by atoms with van der Waals surface area (Å²) in [5, 5.41) is 0. The van der Waals surface area contributed by atoms with Crippen LogP contribution in [0.2, 0.25) is 0 Å². The van der Waals surface area contributed by atoms with Crippen molar-refractivity contribution < 1.29 is 28.4 Å². The molecule has 0 bridgehead atoms. The Balaban J connectivity index is 1.67. The molecule has 0 spiro atoms. The molecule has 0 aliphatic rings. The highest BCUT2D eigenvalue weighted by atomic mass is 16.5. The van der Waals surface area contributed by atoms with Crippen LogP contribution in [0.3, 0.4) is 0 Å². The summed E-state index contributed by atoms with van der Waals surface area (Å²) in [6.45, 7) is 4.69. The second-order valence-corrected chi connectivity index (χ2v) is 7.35. The number of aromatic nitrogens is 1. The van der Waals surface area contributed by atoms with E-state index in [0.717, 1.165) is 22.6 Å². The summed E-state index contributed by atoms with van der Waals surface area (Å²) < 4.78 is 33.1. The molecule has 0 unspecified atom stereocenters. The highest BCUT2D eigenvalue weighted by Crippen LogP contribution is 2.22. The van der Waals surface area contributed by atoms with Crippen molar-refractivity contribution >= 4 is 0 Å². The lowest BCUT2D eigenvalue weighted by atomic mass is 10.2. The zero-order valence-electron chi connectivity index (χ0n) is 20.4. The van der Waals surface area contributed by atoms with Gasteiger partial charge in [0.2, 0.25) is 5.88 Å². The molecule has 0 saturated heterocycles. The summed E-state index contributed by atoms with van der Waals surface area (Å²) in [6.07, 6.45) is 0. The maximum atomic E-state index is 6.01. The third kappa shape index (κ3) is 9.20. The highest BCUT2D eigenvalue weighted by Gasteiger charge is 2.06. The Kier molecular flexibility index (Phi) is 10.7. The van der Waals surface area contributed by atoms with Gasteiger partial charge in [-0.2, -0.15) is 0 Å². The summed E-state index contributed by atoms with van der Waals surface area (Å²) >= 11 is 0. The van der Waals surface area contributed by atoms with E-state index in [0.29, 0.717) is 50.4 Å². The van der Waals surface area contributed by atoms with E-state index >= 15 is 0 Å². The Hall–Kier alpha value is -3.73. The molecule has 0 aliphatic carbocycles. The van der Waals surface area contributed by atoms with Crippen LogP contribution in [0.1, 0.15) is 23.7 Å². The van der Waals surface area contributed by atoms with Crippen LogP contribution in [0, 0.1) is 11.8 Å². The summed E-state index contributed by atoms with van der Waals surface area (Å²) in [5.41, 5.74) is 2.54.